The van der Waals surface area contributed by atoms with E-state index in [0.717, 1.165) is 0 Å². The second-order valence-corrected chi connectivity index (χ2v) is 22.1. The van der Waals surface area contributed by atoms with Gasteiger partial charge in [-0.2, -0.15) is 0 Å². The summed E-state index contributed by atoms with van der Waals surface area (Å²) in [5.41, 5.74) is 3.28. The van der Waals surface area contributed by atoms with Crippen LogP contribution in [0.3, 0.4) is 0 Å². The first-order chi connectivity index (χ1) is 12.1. The zero-order valence-electron chi connectivity index (χ0n) is 19.2. The van der Waals surface area contributed by atoms with Gasteiger partial charge in [0.15, 0.2) is 0 Å². The summed E-state index contributed by atoms with van der Waals surface area (Å²) in [6.07, 6.45) is 11.9. The molecular weight excluding hydrogens is 506 g/mol. The number of nitrogens with one attached hydrogen (secondary N) is 2. The number of hydrogen-bond donors (Lipinski definition) is 0. The van der Waals surface area contributed by atoms with Gasteiger partial charge in [-0.05, 0) is 0 Å². The molecular formula is C22H42GdN2Si2. The van der Waals surface area contributed by atoms with Crippen LogP contribution >= 0.6 is 0 Å². The second kappa shape index (κ2) is 12.4. The molecule has 0 unspecified atom stereocenters. The van der Waals surface area contributed by atoms with E-state index >= 15 is 0 Å². The van der Waals surface area contributed by atoms with Crippen molar-refractivity contribution in [3.05, 3.63) is 49.0 Å². The Labute approximate surface area is 191 Å². The predicted octanol–water partition coefficient (Wildman–Crippen LogP) is 8.56. The smallest absolute Gasteiger partial charge is 0.0701 e. The van der Waals surface area contributed by atoms with Crippen LogP contribution in [0.2, 0.25) is 39.3 Å². The van der Waals surface area contributed by atoms with Crippen LogP contribution in [-0.2, 0) is 0 Å². The van der Waals surface area contributed by atoms with Gasteiger partial charge < -0.3 is 10.8 Å². The molecule has 0 bridgehead atoms. The van der Waals surface area contributed by atoms with Gasteiger partial charge in [0.2, 0.25) is 0 Å². The van der Waals surface area contributed by atoms with Gasteiger partial charge >= 0.3 is 126 Å². The molecule has 0 aliphatic heterocycles. The van der Waals surface area contributed by atoms with Crippen molar-refractivity contribution in [2.24, 2.45) is 11.8 Å². The van der Waals surface area contributed by atoms with Gasteiger partial charge in [0.25, 0.3) is 0 Å². The standard InChI is InChI=1S/2C8H11.2C3H10NSi.Gd/c2*1-7(2)8-5-3-4-6-8;2*1-5(2,3)4;/h2*3,5,7H,4H2,1-2H3;2*4H,1-3H3;/q;;2*-1;+2. The van der Waals surface area contributed by atoms with Crippen molar-refractivity contribution in [3.63, 3.8) is 0 Å². The van der Waals surface area contributed by atoms with Crippen molar-refractivity contribution in [1.82, 2.24) is 0 Å². The molecule has 27 heavy (non-hydrogen) atoms. The van der Waals surface area contributed by atoms with Crippen LogP contribution in [-0.4, -0.2) is 16.5 Å². The Morgan fingerprint density at radius 2 is 0.963 bits per heavy atom. The third-order valence-corrected chi connectivity index (χ3v) is 6.85. The molecule has 2 N–H and O–H groups in total. The van der Waals surface area contributed by atoms with Crippen molar-refractivity contribution in [1.29, 1.82) is 0 Å². The van der Waals surface area contributed by atoms with E-state index in [2.05, 4.69) is 52.0 Å². The molecule has 2 nitrogen and oxygen atoms in total. The summed E-state index contributed by atoms with van der Waals surface area (Å²) in [5, 5.41) is 14.2. The van der Waals surface area contributed by atoms with E-state index in [9.17, 15) is 0 Å². The minimum Gasteiger partial charge on any atom is -0.680 e. The molecule has 5 heteroatoms. The van der Waals surface area contributed by atoms with Gasteiger partial charge in [-0.25, -0.2) is 0 Å². The normalized spacial score (nSPS) is 16.8. The summed E-state index contributed by atoms with van der Waals surface area (Å²) in [7, 11) is -2.72. The van der Waals surface area contributed by atoms with Crippen LogP contribution in [0.15, 0.2) is 38.2 Å². The van der Waals surface area contributed by atoms with E-state index in [1.165, 1.54) is 12.8 Å². The molecule has 0 heterocycles. The van der Waals surface area contributed by atoms with E-state index in [1.807, 2.05) is 39.3 Å². The maximum absolute atomic E-state index is 7.08. The number of hydrogen-bond acceptors (Lipinski definition) is 0. The first-order valence-electron chi connectivity index (χ1n) is 10.0. The first-order valence-corrected chi connectivity index (χ1v) is 19.3. The van der Waals surface area contributed by atoms with Gasteiger partial charge in [0.05, 0.1) is 0 Å². The van der Waals surface area contributed by atoms with Gasteiger partial charge in [-0.15, -0.1) is 0 Å². The zero-order chi connectivity index (χ0) is 21.4. The van der Waals surface area contributed by atoms with Gasteiger partial charge in [0, 0.05) is 0 Å². The molecule has 0 aromatic heterocycles. The van der Waals surface area contributed by atoms with Crippen LogP contribution in [0, 0.1) is 47.7 Å². The van der Waals surface area contributed by atoms with Crippen LogP contribution in [0.25, 0.3) is 10.8 Å². The molecule has 0 aromatic rings. The molecule has 0 radical (unpaired) electrons. The molecule has 2 aliphatic rings. The van der Waals surface area contributed by atoms with Crippen molar-refractivity contribution < 1.29 is 35.9 Å². The molecule has 0 amide bonds. The third kappa shape index (κ3) is 15.2. The summed E-state index contributed by atoms with van der Waals surface area (Å²) in [6, 6.07) is 0. The Kier molecular flexibility index (Phi) is 12.7. The van der Waals surface area contributed by atoms with Gasteiger partial charge in [0.1, 0.15) is 0 Å². The summed E-state index contributed by atoms with van der Waals surface area (Å²) in [6.45, 7) is 21.3. The van der Waals surface area contributed by atoms with Gasteiger partial charge in [-0.1, -0.05) is 55.8 Å². The molecule has 0 saturated heterocycles. The first kappa shape index (κ1) is 27.6. The molecule has 0 saturated carbocycles. The maximum atomic E-state index is 7.08. The summed E-state index contributed by atoms with van der Waals surface area (Å²) >= 11 is -0.182. The largest absolute Gasteiger partial charge is 0.680 e. The maximum Gasteiger partial charge on any atom is -0.0701 e. The third-order valence-electron chi connectivity index (χ3n) is 3.25. The average molecular weight is 548 g/mol. The van der Waals surface area contributed by atoms with Crippen molar-refractivity contribution in [3.8, 4) is 0 Å². The Morgan fingerprint density at radius 1 is 0.704 bits per heavy atom. The van der Waals surface area contributed by atoms with Crippen LogP contribution in [0.1, 0.15) is 40.5 Å². The molecule has 2 aliphatic carbocycles. The summed E-state index contributed by atoms with van der Waals surface area (Å²) < 4.78 is 3.58. The van der Waals surface area contributed by atoms with Crippen LogP contribution in [0.4, 0.5) is 0 Å². The van der Waals surface area contributed by atoms with E-state index in [1.54, 1.807) is 13.9 Å². The summed E-state index contributed by atoms with van der Waals surface area (Å²) in [5.74, 6) is 1.41. The molecule has 156 valence electrons. The van der Waals surface area contributed by atoms with E-state index in [-0.39, 0.29) is 35.9 Å². The van der Waals surface area contributed by atoms with Gasteiger partial charge in [-0.3, -0.25) is 0 Å². The molecule has 0 spiro atoms. The van der Waals surface area contributed by atoms with Crippen molar-refractivity contribution in [2.75, 3.05) is 0 Å². The SMILES string of the molecule is CC(C)C1=[C]([Gd+2][C]2=C(C(C)C)C=CC2)CC=C1.C[Si](C)(C)[NH-].C[Si](C)(C)[NH-]. The molecule has 0 fully saturated rings. The molecule has 2 rings (SSSR count). The zero-order valence-corrected chi connectivity index (χ0v) is 23.5. The monoisotopic (exact) mass is 548 g/mol. The van der Waals surface area contributed by atoms with E-state index in [4.69, 9.17) is 10.8 Å². The fourth-order valence-corrected chi connectivity index (χ4v) is 6.45. The van der Waals surface area contributed by atoms with Crippen LogP contribution < -0.4 is 0 Å². The fraction of sp³-hybridized carbons (Fsp3) is 0.636. The Hall–Kier alpha value is 0.638. The number of rotatable bonds is 4. The summed E-state index contributed by atoms with van der Waals surface area (Å²) in [4.78, 5) is 0. The minimum absolute atomic E-state index is 0.182. The second-order valence-electron chi connectivity index (χ2n) is 9.80. The molecule has 0 aromatic carbocycles. The van der Waals surface area contributed by atoms with E-state index < -0.39 is 16.5 Å². The van der Waals surface area contributed by atoms with Crippen molar-refractivity contribution in [2.45, 2.75) is 79.8 Å². The molecule has 0 atom stereocenters. The van der Waals surface area contributed by atoms with Crippen LogP contribution in [0.5, 0.6) is 0 Å². The fourth-order valence-electron chi connectivity index (χ4n) is 2.29. The average Bonchev–Trinajstić information content (AvgIpc) is 3.03. The minimum atomic E-state index is -1.36. The predicted molar refractivity (Wildman–Crippen MR) is 127 cm³/mol. The Balaban J connectivity index is 0.000000563. The topological polar surface area (TPSA) is 47.6 Å². The quantitative estimate of drug-likeness (QED) is 0.317. The van der Waals surface area contributed by atoms with Crippen molar-refractivity contribution >= 4 is 16.5 Å². The Morgan fingerprint density at radius 3 is 1.19 bits per heavy atom. The number of allylic oxidation sites excluding steroid dienone is 8. The Bertz CT molecular complexity index is 522. The van der Waals surface area contributed by atoms with E-state index in [0.29, 0.717) is 11.8 Å².